The van der Waals surface area contributed by atoms with Gasteiger partial charge < -0.3 is 14.2 Å². The highest BCUT2D eigenvalue weighted by Gasteiger charge is 2.04. The number of hydrazone groups is 1. The van der Waals surface area contributed by atoms with Crippen molar-refractivity contribution >= 4 is 12.1 Å². The first-order valence-corrected chi connectivity index (χ1v) is 9.63. The molecule has 0 spiro atoms. The molecule has 0 fully saturated rings. The number of carbonyl (C=O) groups excluding carboxylic acids is 1. The molecule has 0 saturated carbocycles. The zero-order valence-electron chi connectivity index (χ0n) is 16.8. The van der Waals surface area contributed by atoms with E-state index in [0.717, 1.165) is 23.5 Å². The maximum Gasteiger partial charge on any atom is 0.271 e. The van der Waals surface area contributed by atoms with Gasteiger partial charge in [0.05, 0.1) is 26.5 Å². The quantitative estimate of drug-likeness (QED) is 0.311. The number of hydrogen-bond donors (Lipinski definition) is 1. The summed E-state index contributed by atoms with van der Waals surface area (Å²) in [5, 5.41) is 4.04. The van der Waals surface area contributed by atoms with E-state index in [1.165, 1.54) is 0 Å². The summed E-state index contributed by atoms with van der Waals surface area (Å²) >= 11 is 0. The molecule has 6 nitrogen and oxygen atoms in total. The minimum Gasteiger partial charge on any atom is -0.497 e. The van der Waals surface area contributed by atoms with E-state index in [4.69, 9.17) is 14.2 Å². The molecule has 0 aliphatic rings. The number of methoxy groups -OCH3 is 1. The van der Waals surface area contributed by atoms with Gasteiger partial charge in [0, 0.05) is 17.5 Å². The van der Waals surface area contributed by atoms with Crippen molar-refractivity contribution in [2.24, 2.45) is 5.10 Å². The van der Waals surface area contributed by atoms with Gasteiger partial charge in [-0.3, -0.25) is 4.79 Å². The molecule has 0 atom stereocenters. The molecule has 0 saturated heterocycles. The van der Waals surface area contributed by atoms with E-state index in [0.29, 0.717) is 24.5 Å². The van der Waals surface area contributed by atoms with Gasteiger partial charge in [0.25, 0.3) is 5.91 Å². The SMILES string of the molecule is COc1ccc(OCCCOc2ccccc2/C=N\NC(=O)c2ccccc2)cc1. The highest BCUT2D eigenvalue weighted by Crippen LogP contribution is 2.18. The Hall–Kier alpha value is -3.80. The zero-order valence-corrected chi connectivity index (χ0v) is 16.8. The van der Waals surface area contributed by atoms with Crippen LogP contribution in [0.5, 0.6) is 17.2 Å². The summed E-state index contributed by atoms with van der Waals surface area (Å²) in [7, 11) is 1.63. The fourth-order valence-electron chi connectivity index (χ4n) is 2.64. The van der Waals surface area contributed by atoms with Crippen molar-refractivity contribution in [2.75, 3.05) is 20.3 Å². The molecule has 0 heterocycles. The van der Waals surface area contributed by atoms with Crippen molar-refractivity contribution in [3.05, 3.63) is 90.0 Å². The molecule has 154 valence electrons. The van der Waals surface area contributed by atoms with E-state index in [2.05, 4.69) is 10.5 Å². The van der Waals surface area contributed by atoms with Crippen LogP contribution in [-0.4, -0.2) is 32.4 Å². The maximum atomic E-state index is 12.0. The molecule has 0 aromatic heterocycles. The van der Waals surface area contributed by atoms with Crippen LogP contribution in [0.3, 0.4) is 0 Å². The van der Waals surface area contributed by atoms with Crippen LogP contribution < -0.4 is 19.6 Å². The van der Waals surface area contributed by atoms with E-state index in [-0.39, 0.29) is 5.91 Å². The number of rotatable bonds is 10. The normalized spacial score (nSPS) is 10.6. The summed E-state index contributed by atoms with van der Waals surface area (Å²) in [6.07, 6.45) is 2.30. The third kappa shape index (κ3) is 6.38. The molecule has 3 aromatic carbocycles. The van der Waals surface area contributed by atoms with Gasteiger partial charge in [-0.25, -0.2) is 5.43 Å². The summed E-state index contributed by atoms with van der Waals surface area (Å²) in [5.74, 6) is 2.02. The standard InChI is InChI=1S/C24H24N2O4/c1-28-21-12-14-22(15-13-21)29-16-7-17-30-23-11-6-5-10-20(23)18-25-26-24(27)19-8-3-2-4-9-19/h2-6,8-15,18H,7,16-17H2,1H3,(H,26,27)/b25-18-. The first-order valence-electron chi connectivity index (χ1n) is 9.63. The Labute approximate surface area is 176 Å². The number of nitrogens with one attached hydrogen (secondary N) is 1. The number of benzene rings is 3. The van der Waals surface area contributed by atoms with Gasteiger partial charge in [0.1, 0.15) is 17.2 Å². The Morgan fingerprint density at radius 1 is 0.867 bits per heavy atom. The number of nitrogens with zero attached hydrogens (tertiary/aromatic N) is 1. The monoisotopic (exact) mass is 404 g/mol. The maximum absolute atomic E-state index is 12.0. The van der Waals surface area contributed by atoms with E-state index in [9.17, 15) is 4.79 Å². The molecule has 0 radical (unpaired) electrons. The van der Waals surface area contributed by atoms with Gasteiger partial charge >= 0.3 is 0 Å². The van der Waals surface area contributed by atoms with Crippen molar-refractivity contribution < 1.29 is 19.0 Å². The minimum absolute atomic E-state index is 0.263. The van der Waals surface area contributed by atoms with Crippen LogP contribution in [0.4, 0.5) is 0 Å². The van der Waals surface area contributed by atoms with Crippen LogP contribution in [0.2, 0.25) is 0 Å². The average Bonchev–Trinajstić information content (AvgIpc) is 2.80. The molecule has 0 aliphatic heterocycles. The molecular weight excluding hydrogens is 380 g/mol. The number of hydrogen-bond acceptors (Lipinski definition) is 5. The molecule has 1 amide bonds. The minimum atomic E-state index is -0.263. The molecule has 30 heavy (non-hydrogen) atoms. The van der Waals surface area contributed by atoms with Crippen molar-refractivity contribution in [3.63, 3.8) is 0 Å². The molecule has 3 aromatic rings. The molecule has 0 bridgehead atoms. The van der Waals surface area contributed by atoms with Crippen molar-refractivity contribution in [1.82, 2.24) is 5.43 Å². The Bertz CT molecular complexity index is 956. The summed E-state index contributed by atoms with van der Waals surface area (Å²) in [5.41, 5.74) is 3.85. The molecule has 6 heteroatoms. The van der Waals surface area contributed by atoms with Crippen molar-refractivity contribution in [3.8, 4) is 17.2 Å². The fourth-order valence-corrected chi connectivity index (χ4v) is 2.64. The van der Waals surface area contributed by atoms with Gasteiger partial charge in [0.15, 0.2) is 0 Å². The summed E-state index contributed by atoms with van der Waals surface area (Å²) in [6.45, 7) is 1.03. The molecule has 0 unspecified atom stereocenters. The highest BCUT2D eigenvalue weighted by molar-refractivity contribution is 5.95. The third-order valence-electron chi connectivity index (χ3n) is 4.20. The van der Waals surface area contributed by atoms with E-state index in [1.807, 2.05) is 54.6 Å². The van der Waals surface area contributed by atoms with Crippen molar-refractivity contribution in [1.29, 1.82) is 0 Å². The summed E-state index contributed by atoms with van der Waals surface area (Å²) in [6, 6.07) is 23.9. The lowest BCUT2D eigenvalue weighted by Crippen LogP contribution is -2.17. The first-order chi connectivity index (χ1) is 14.8. The average molecular weight is 404 g/mol. The summed E-state index contributed by atoms with van der Waals surface area (Å²) < 4.78 is 16.7. The van der Waals surface area contributed by atoms with Crippen LogP contribution in [0.25, 0.3) is 0 Å². The second kappa shape index (κ2) is 11.3. The number of ether oxygens (including phenoxy) is 3. The lowest BCUT2D eigenvalue weighted by atomic mass is 10.2. The topological polar surface area (TPSA) is 69.2 Å². The van der Waals surface area contributed by atoms with Crippen LogP contribution in [0.1, 0.15) is 22.3 Å². The van der Waals surface area contributed by atoms with Crippen molar-refractivity contribution in [2.45, 2.75) is 6.42 Å². The Kier molecular flexibility index (Phi) is 7.85. The predicted octanol–water partition coefficient (Wildman–Crippen LogP) is 4.31. The Morgan fingerprint density at radius 2 is 1.53 bits per heavy atom. The number of para-hydroxylation sites is 1. The van der Waals surface area contributed by atoms with Gasteiger partial charge in [-0.05, 0) is 48.5 Å². The molecule has 1 N–H and O–H groups in total. The van der Waals surface area contributed by atoms with Crippen LogP contribution >= 0.6 is 0 Å². The smallest absolute Gasteiger partial charge is 0.271 e. The van der Waals surface area contributed by atoms with E-state index >= 15 is 0 Å². The first kappa shape index (κ1) is 20.9. The largest absolute Gasteiger partial charge is 0.497 e. The fraction of sp³-hybridized carbons (Fsp3) is 0.167. The van der Waals surface area contributed by atoms with E-state index in [1.54, 1.807) is 37.6 Å². The molecule has 3 rings (SSSR count). The third-order valence-corrected chi connectivity index (χ3v) is 4.20. The van der Waals surface area contributed by atoms with Crippen LogP contribution in [-0.2, 0) is 0 Å². The number of amides is 1. The Morgan fingerprint density at radius 3 is 2.30 bits per heavy atom. The lowest BCUT2D eigenvalue weighted by molar-refractivity contribution is 0.0955. The molecule has 0 aliphatic carbocycles. The van der Waals surface area contributed by atoms with Gasteiger partial charge in [0.2, 0.25) is 0 Å². The van der Waals surface area contributed by atoms with Crippen LogP contribution in [0, 0.1) is 0 Å². The van der Waals surface area contributed by atoms with E-state index < -0.39 is 0 Å². The Balaban J connectivity index is 1.44. The van der Waals surface area contributed by atoms with Gasteiger partial charge in [-0.15, -0.1) is 0 Å². The summed E-state index contributed by atoms with van der Waals surface area (Å²) in [4.78, 5) is 12.0. The second-order valence-corrected chi connectivity index (χ2v) is 6.33. The van der Waals surface area contributed by atoms with Gasteiger partial charge in [-0.1, -0.05) is 30.3 Å². The van der Waals surface area contributed by atoms with Gasteiger partial charge in [-0.2, -0.15) is 5.10 Å². The highest BCUT2D eigenvalue weighted by atomic mass is 16.5. The van der Waals surface area contributed by atoms with Crippen LogP contribution in [0.15, 0.2) is 84.0 Å². The second-order valence-electron chi connectivity index (χ2n) is 6.33. The predicted molar refractivity (Wildman–Crippen MR) is 117 cm³/mol. The molecular formula is C24H24N2O4. The number of carbonyl (C=O) groups is 1. The lowest BCUT2D eigenvalue weighted by Gasteiger charge is -2.10. The zero-order chi connectivity index (χ0) is 21.0.